The van der Waals surface area contributed by atoms with Gasteiger partial charge in [-0.05, 0) is 25.8 Å². The van der Waals surface area contributed by atoms with Crippen molar-refractivity contribution in [2.75, 3.05) is 11.9 Å². The zero-order valence-corrected chi connectivity index (χ0v) is 16.3. The van der Waals surface area contributed by atoms with Crippen LogP contribution in [0.3, 0.4) is 0 Å². The second kappa shape index (κ2) is 7.88. The molecule has 2 aromatic rings. The molecular formula is C18H22F3N5O3. The number of amides is 1. The molecule has 0 aromatic carbocycles. The van der Waals surface area contributed by atoms with Gasteiger partial charge in [-0.1, -0.05) is 6.92 Å². The number of hydrogen-bond donors (Lipinski definition) is 1. The first kappa shape index (κ1) is 20.9. The van der Waals surface area contributed by atoms with Crippen molar-refractivity contribution < 1.29 is 27.5 Å². The number of nitrogens with one attached hydrogen (secondary N) is 1. The van der Waals surface area contributed by atoms with E-state index < -0.39 is 29.7 Å². The number of aromatic nitrogens is 4. The van der Waals surface area contributed by atoms with Gasteiger partial charge in [0.1, 0.15) is 11.4 Å². The van der Waals surface area contributed by atoms with E-state index in [1.54, 1.807) is 20.9 Å². The number of nitrogens with zero attached hydrogens (tertiary/aromatic N) is 4. The van der Waals surface area contributed by atoms with Crippen LogP contribution in [-0.4, -0.2) is 38.0 Å². The highest BCUT2D eigenvalue weighted by Gasteiger charge is 2.38. The minimum absolute atomic E-state index is 0.0136. The van der Waals surface area contributed by atoms with Gasteiger partial charge < -0.3 is 10.1 Å². The molecule has 29 heavy (non-hydrogen) atoms. The third-order valence-electron chi connectivity index (χ3n) is 4.67. The minimum atomic E-state index is -4.54. The monoisotopic (exact) mass is 413 g/mol. The van der Waals surface area contributed by atoms with Gasteiger partial charge in [0.05, 0.1) is 25.3 Å². The number of anilines is 1. The quantitative estimate of drug-likeness (QED) is 0.705. The SMILES string of the molecule is CCOC(=O)c1cnn(C)c1NC(=O)C(C)Cn1nc(C(F)(F)F)cc1C1CC1. The topological polar surface area (TPSA) is 91.0 Å². The van der Waals surface area contributed by atoms with Gasteiger partial charge >= 0.3 is 12.1 Å². The maximum Gasteiger partial charge on any atom is 0.435 e. The Balaban J connectivity index is 1.75. The molecule has 3 rings (SSSR count). The predicted molar refractivity (Wildman–Crippen MR) is 96.2 cm³/mol. The van der Waals surface area contributed by atoms with Crippen LogP contribution in [0, 0.1) is 5.92 Å². The van der Waals surface area contributed by atoms with E-state index >= 15 is 0 Å². The van der Waals surface area contributed by atoms with E-state index in [4.69, 9.17) is 4.74 Å². The molecule has 1 atom stereocenters. The van der Waals surface area contributed by atoms with E-state index in [2.05, 4.69) is 15.5 Å². The maximum atomic E-state index is 13.0. The van der Waals surface area contributed by atoms with Gasteiger partial charge in [-0.15, -0.1) is 0 Å². The van der Waals surface area contributed by atoms with Crippen LogP contribution in [0.4, 0.5) is 19.0 Å². The normalized spacial score (nSPS) is 15.2. The Bertz CT molecular complexity index is 914. The van der Waals surface area contributed by atoms with Crippen LogP contribution in [0.2, 0.25) is 0 Å². The molecular weight excluding hydrogens is 391 g/mol. The van der Waals surface area contributed by atoms with Crippen LogP contribution in [0.1, 0.15) is 54.4 Å². The van der Waals surface area contributed by atoms with E-state index in [0.717, 1.165) is 18.9 Å². The number of carbonyl (C=O) groups is 2. The number of aryl methyl sites for hydroxylation is 1. The lowest BCUT2D eigenvalue weighted by molar-refractivity contribution is -0.141. The summed E-state index contributed by atoms with van der Waals surface area (Å²) in [7, 11) is 1.55. The first-order valence-corrected chi connectivity index (χ1v) is 9.26. The molecule has 0 radical (unpaired) electrons. The molecule has 1 fully saturated rings. The Kier molecular flexibility index (Phi) is 5.67. The molecule has 0 bridgehead atoms. The molecule has 1 unspecified atom stereocenters. The van der Waals surface area contributed by atoms with Crippen LogP contribution in [0.15, 0.2) is 12.3 Å². The smallest absolute Gasteiger partial charge is 0.435 e. The largest absolute Gasteiger partial charge is 0.462 e. The van der Waals surface area contributed by atoms with Crippen LogP contribution >= 0.6 is 0 Å². The van der Waals surface area contributed by atoms with E-state index in [0.29, 0.717) is 5.69 Å². The van der Waals surface area contributed by atoms with Gasteiger partial charge in [-0.3, -0.25) is 14.2 Å². The maximum absolute atomic E-state index is 13.0. The minimum Gasteiger partial charge on any atom is -0.462 e. The summed E-state index contributed by atoms with van der Waals surface area (Å²) in [6.07, 6.45) is -1.64. The zero-order valence-electron chi connectivity index (χ0n) is 16.3. The molecule has 1 aliphatic rings. The first-order valence-electron chi connectivity index (χ1n) is 9.26. The molecule has 1 aliphatic carbocycles. The Morgan fingerprint density at radius 2 is 2.07 bits per heavy atom. The number of hydrogen-bond acceptors (Lipinski definition) is 5. The average molecular weight is 413 g/mol. The fourth-order valence-electron chi connectivity index (χ4n) is 2.95. The van der Waals surface area contributed by atoms with Crippen molar-refractivity contribution in [1.29, 1.82) is 0 Å². The lowest BCUT2D eigenvalue weighted by Crippen LogP contribution is -2.27. The third kappa shape index (κ3) is 4.60. The first-order chi connectivity index (χ1) is 13.6. The Morgan fingerprint density at radius 1 is 1.38 bits per heavy atom. The summed E-state index contributed by atoms with van der Waals surface area (Å²) in [6.45, 7) is 3.40. The van der Waals surface area contributed by atoms with E-state index in [-0.39, 0.29) is 30.5 Å². The Morgan fingerprint density at radius 3 is 2.66 bits per heavy atom. The number of carbonyl (C=O) groups excluding carboxylic acids is 2. The molecule has 158 valence electrons. The summed E-state index contributed by atoms with van der Waals surface area (Å²) in [5, 5.41) is 10.2. The van der Waals surface area contributed by atoms with Crippen molar-refractivity contribution in [2.45, 2.75) is 45.3 Å². The Labute approximate surface area is 165 Å². The molecule has 11 heteroatoms. The number of alkyl halides is 3. The van der Waals surface area contributed by atoms with Crippen molar-refractivity contribution in [3.8, 4) is 0 Å². The molecule has 0 saturated heterocycles. The second-order valence-corrected chi connectivity index (χ2v) is 7.05. The highest BCUT2D eigenvalue weighted by atomic mass is 19.4. The summed E-state index contributed by atoms with van der Waals surface area (Å²) in [5.74, 6) is -1.58. The lowest BCUT2D eigenvalue weighted by Gasteiger charge is -2.15. The van der Waals surface area contributed by atoms with Gasteiger partial charge in [0, 0.05) is 18.7 Å². The van der Waals surface area contributed by atoms with Gasteiger partial charge in [0.2, 0.25) is 5.91 Å². The standard InChI is InChI=1S/C18H22F3N5O3/c1-4-29-17(28)12-8-22-25(3)15(12)23-16(27)10(2)9-26-13(11-5-6-11)7-14(24-26)18(19,20)21/h7-8,10-11H,4-6,9H2,1-3H3,(H,23,27). The summed E-state index contributed by atoms with van der Waals surface area (Å²) >= 11 is 0. The van der Waals surface area contributed by atoms with Crippen molar-refractivity contribution in [3.63, 3.8) is 0 Å². The number of halogens is 3. The highest BCUT2D eigenvalue weighted by Crippen LogP contribution is 2.42. The van der Waals surface area contributed by atoms with E-state index in [1.807, 2.05) is 0 Å². The molecule has 0 spiro atoms. The molecule has 1 N–H and O–H groups in total. The third-order valence-corrected chi connectivity index (χ3v) is 4.67. The highest BCUT2D eigenvalue weighted by molar-refractivity contribution is 6.00. The van der Waals surface area contributed by atoms with Crippen LogP contribution in [0.5, 0.6) is 0 Å². The molecule has 1 amide bonds. The number of esters is 1. The van der Waals surface area contributed by atoms with Gasteiger partial charge in [0.15, 0.2) is 5.69 Å². The van der Waals surface area contributed by atoms with Gasteiger partial charge in [0.25, 0.3) is 0 Å². The van der Waals surface area contributed by atoms with E-state index in [9.17, 15) is 22.8 Å². The average Bonchev–Trinajstić information content (AvgIpc) is 3.29. The fourth-order valence-corrected chi connectivity index (χ4v) is 2.95. The fraction of sp³-hybridized carbons (Fsp3) is 0.556. The van der Waals surface area contributed by atoms with Crippen molar-refractivity contribution in [3.05, 3.63) is 29.2 Å². The van der Waals surface area contributed by atoms with E-state index in [1.165, 1.54) is 15.6 Å². The molecule has 2 heterocycles. The Hall–Kier alpha value is -2.85. The molecule has 0 aliphatic heterocycles. The lowest BCUT2D eigenvalue weighted by atomic mass is 10.1. The van der Waals surface area contributed by atoms with Crippen molar-refractivity contribution >= 4 is 17.7 Å². The summed E-state index contributed by atoms with van der Waals surface area (Å²) in [6, 6.07) is 1.06. The van der Waals surface area contributed by atoms with Crippen molar-refractivity contribution in [1.82, 2.24) is 19.6 Å². The molecule has 1 saturated carbocycles. The summed E-state index contributed by atoms with van der Waals surface area (Å²) < 4.78 is 46.6. The molecule has 2 aromatic heterocycles. The summed E-state index contributed by atoms with van der Waals surface area (Å²) in [5.41, 5.74) is -0.361. The zero-order chi connectivity index (χ0) is 21.3. The van der Waals surface area contributed by atoms with Gasteiger partial charge in [-0.2, -0.15) is 23.4 Å². The molecule has 8 nitrogen and oxygen atoms in total. The van der Waals surface area contributed by atoms with Crippen LogP contribution in [-0.2, 0) is 29.3 Å². The summed E-state index contributed by atoms with van der Waals surface area (Å²) in [4.78, 5) is 24.6. The van der Waals surface area contributed by atoms with Crippen LogP contribution in [0.25, 0.3) is 0 Å². The van der Waals surface area contributed by atoms with Crippen molar-refractivity contribution in [2.24, 2.45) is 13.0 Å². The number of rotatable bonds is 7. The van der Waals surface area contributed by atoms with Crippen LogP contribution < -0.4 is 5.32 Å². The second-order valence-electron chi connectivity index (χ2n) is 7.05. The number of ether oxygens (including phenoxy) is 1. The van der Waals surface area contributed by atoms with Gasteiger partial charge in [-0.25, -0.2) is 4.79 Å². The predicted octanol–water partition coefficient (Wildman–Crippen LogP) is 2.96.